The average Bonchev–Trinajstić information content (AvgIpc) is 3.09. The fraction of sp³-hybridized carbons (Fsp3) is 0.423. The van der Waals surface area contributed by atoms with E-state index in [9.17, 15) is 4.79 Å². The van der Waals surface area contributed by atoms with Crippen LogP contribution in [-0.2, 0) is 0 Å². The molecule has 1 fully saturated rings. The second-order valence-electron chi connectivity index (χ2n) is 9.25. The van der Waals surface area contributed by atoms with E-state index in [0.717, 1.165) is 45.5 Å². The highest BCUT2D eigenvalue weighted by Gasteiger charge is 2.22. The molecule has 0 saturated carbocycles. The third-order valence-electron chi connectivity index (χ3n) is 6.05. The molecule has 0 radical (unpaired) electrons. The Morgan fingerprint density at radius 3 is 2.59 bits per heavy atom. The van der Waals surface area contributed by atoms with E-state index in [1.807, 2.05) is 24.3 Å². The monoisotopic (exact) mass is 469 g/mol. The summed E-state index contributed by atoms with van der Waals surface area (Å²) >= 11 is 7.64. The van der Waals surface area contributed by atoms with Crippen LogP contribution in [0.15, 0.2) is 52.3 Å². The number of piperidine rings is 1. The van der Waals surface area contributed by atoms with E-state index in [1.165, 1.54) is 25.1 Å². The minimum atomic E-state index is -0.0457. The molecule has 0 bridgehead atoms. The second kappa shape index (κ2) is 10.3. The zero-order valence-electron chi connectivity index (χ0n) is 19.1. The van der Waals surface area contributed by atoms with Crippen LogP contribution in [0, 0.1) is 18.8 Å². The van der Waals surface area contributed by atoms with Gasteiger partial charge in [-0.25, -0.2) is 0 Å². The Morgan fingerprint density at radius 1 is 1.16 bits per heavy atom. The minimum absolute atomic E-state index is 0.0457. The van der Waals surface area contributed by atoms with E-state index in [-0.39, 0.29) is 5.91 Å². The molecule has 2 aromatic carbocycles. The number of carbonyl (C=O) groups is 1. The summed E-state index contributed by atoms with van der Waals surface area (Å²) in [6.45, 7) is 10.8. The molecule has 1 aliphatic heterocycles. The summed E-state index contributed by atoms with van der Waals surface area (Å²) in [4.78, 5) is 21.0. The Hall–Kier alpha value is -1.95. The highest BCUT2D eigenvalue weighted by Crippen LogP contribution is 2.37. The van der Waals surface area contributed by atoms with Crippen LogP contribution in [0.3, 0.4) is 0 Å². The van der Waals surface area contributed by atoms with Crippen LogP contribution >= 0.6 is 23.4 Å². The SMILES string of the molecule is Cc1ccc2c(Sc3ccc(Cl)cc3)c(C(=O)NCCCN3C[C@H](C)C[C@@H](C)C3)[nH]c2c1. The number of aryl methyl sites for hydroxylation is 1. The van der Waals surface area contributed by atoms with Gasteiger partial charge in [0, 0.05) is 40.5 Å². The number of carbonyl (C=O) groups excluding carboxylic acids is 1. The molecule has 0 unspecified atom stereocenters. The molecule has 4 nitrogen and oxygen atoms in total. The zero-order chi connectivity index (χ0) is 22.7. The van der Waals surface area contributed by atoms with E-state index < -0.39 is 0 Å². The van der Waals surface area contributed by atoms with Crippen LogP contribution in [0.1, 0.15) is 42.7 Å². The molecule has 1 aromatic heterocycles. The number of halogens is 1. The smallest absolute Gasteiger partial charge is 0.268 e. The van der Waals surface area contributed by atoms with Crippen molar-refractivity contribution in [1.29, 1.82) is 0 Å². The van der Waals surface area contributed by atoms with Gasteiger partial charge in [0.25, 0.3) is 5.91 Å². The Balaban J connectivity index is 1.45. The van der Waals surface area contributed by atoms with Crippen molar-refractivity contribution in [2.75, 3.05) is 26.2 Å². The van der Waals surface area contributed by atoms with Crippen molar-refractivity contribution in [2.45, 2.75) is 43.4 Å². The number of hydrogen-bond acceptors (Lipinski definition) is 3. The summed E-state index contributed by atoms with van der Waals surface area (Å²) in [7, 11) is 0. The van der Waals surface area contributed by atoms with Gasteiger partial charge in [0.05, 0.1) is 4.90 Å². The number of benzene rings is 2. The highest BCUT2D eigenvalue weighted by atomic mass is 35.5. The minimum Gasteiger partial charge on any atom is -0.351 e. The van der Waals surface area contributed by atoms with Gasteiger partial charge in [-0.3, -0.25) is 4.79 Å². The summed E-state index contributed by atoms with van der Waals surface area (Å²) in [5.41, 5.74) is 2.78. The molecule has 170 valence electrons. The summed E-state index contributed by atoms with van der Waals surface area (Å²) < 4.78 is 0. The number of nitrogens with zero attached hydrogens (tertiary/aromatic N) is 1. The van der Waals surface area contributed by atoms with Gasteiger partial charge in [0.2, 0.25) is 0 Å². The fourth-order valence-corrected chi connectivity index (χ4v) is 5.91. The lowest BCUT2D eigenvalue weighted by molar-refractivity contribution is 0.0940. The number of rotatable bonds is 7. The zero-order valence-corrected chi connectivity index (χ0v) is 20.7. The standard InChI is InChI=1S/C26H32ClN3OS/c1-17-5-10-22-23(14-17)29-24(25(22)32-21-8-6-20(27)7-9-21)26(31)28-11-4-12-30-15-18(2)13-19(3)16-30/h5-10,14,18-19,29H,4,11-13,15-16H2,1-3H3,(H,28,31)/t18-,19-/m1/s1. The van der Waals surface area contributed by atoms with Gasteiger partial charge in [-0.15, -0.1) is 0 Å². The number of aromatic amines is 1. The number of H-pyrrole nitrogens is 1. The van der Waals surface area contributed by atoms with Crippen molar-refractivity contribution in [3.63, 3.8) is 0 Å². The quantitative estimate of drug-likeness (QED) is 0.395. The van der Waals surface area contributed by atoms with E-state index in [4.69, 9.17) is 11.6 Å². The topological polar surface area (TPSA) is 48.1 Å². The molecule has 32 heavy (non-hydrogen) atoms. The molecule has 1 saturated heterocycles. The first-order valence-corrected chi connectivity index (χ1v) is 12.6. The number of nitrogens with one attached hydrogen (secondary N) is 2. The van der Waals surface area contributed by atoms with Gasteiger partial charge in [0.15, 0.2) is 0 Å². The molecule has 1 amide bonds. The van der Waals surface area contributed by atoms with Crippen molar-refractivity contribution < 1.29 is 4.79 Å². The summed E-state index contributed by atoms with van der Waals surface area (Å²) in [6, 6.07) is 14.0. The molecule has 0 spiro atoms. The van der Waals surface area contributed by atoms with E-state index in [0.29, 0.717) is 17.3 Å². The van der Waals surface area contributed by atoms with Gasteiger partial charge in [-0.05, 0) is 74.0 Å². The maximum atomic E-state index is 13.1. The molecular weight excluding hydrogens is 438 g/mol. The maximum Gasteiger partial charge on any atom is 0.268 e. The first-order valence-electron chi connectivity index (χ1n) is 11.5. The number of amides is 1. The number of likely N-dealkylation sites (tertiary alicyclic amines) is 1. The average molecular weight is 470 g/mol. The molecule has 1 aliphatic rings. The number of aromatic nitrogens is 1. The molecule has 2 heterocycles. The molecule has 6 heteroatoms. The molecule has 3 aromatic rings. The molecule has 2 N–H and O–H groups in total. The van der Waals surface area contributed by atoms with Gasteiger partial charge >= 0.3 is 0 Å². The van der Waals surface area contributed by atoms with E-state index >= 15 is 0 Å². The maximum absolute atomic E-state index is 13.1. The molecule has 4 rings (SSSR count). The van der Waals surface area contributed by atoms with Crippen LogP contribution in [-0.4, -0.2) is 42.0 Å². The molecule has 0 aliphatic carbocycles. The van der Waals surface area contributed by atoms with Gasteiger partial charge in [-0.1, -0.05) is 49.3 Å². The van der Waals surface area contributed by atoms with Gasteiger partial charge in [-0.2, -0.15) is 0 Å². The largest absolute Gasteiger partial charge is 0.351 e. The molecule has 2 atom stereocenters. The van der Waals surface area contributed by atoms with Crippen LogP contribution < -0.4 is 5.32 Å². The first-order chi connectivity index (χ1) is 15.4. The van der Waals surface area contributed by atoms with Gasteiger partial charge in [0.1, 0.15) is 5.69 Å². The lowest BCUT2D eigenvalue weighted by atomic mass is 9.92. The Labute approximate surface area is 200 Å². The Bertz CT molecular complexity index is 1070. The van der Waals surface area contributed by atoms with Gasteiger partial charge < -0.3 is 15.2 Å². The van der Waals surface area contributed by atoms with Crippen LogP contribution in [0.25, 0.3) is 10.9 Å². The number of fused-ring (bicyclic) bond motifs is 1. The third kappa shape index (κ3) is 5.69. The summed E-state index contributed by atoms with van der Waals surface area (Å²) in [6.07, 6.45) is 2.28. The lowest BCUT2D eigenvalue weighted by Gasteiger charge is -2.34. The second-order valence-corrected chi connectivity index (χ2v) is 10.8. The highest BCUT2D eigenvalue weighted by molar-refractivity contribution is 7.99. The van der Waals surface area contributed by atoms with Crippen molar-refractivity contribution in [2.24, 2.45) is 11.8 Å². The molecular formula is C26H32ClN3OS. The van der Waals surface area contributed by atoms with Crippen LogP contribution in [0.5, 0.6) is 0 Å². The third-order valence-corrected chi connectivity index (χ3v) is 7.44. The summed E-state index contributed by atoms with van der Waals surface area (Å²) in [5.74, 6) is 1.47. The van der Waals surface area contributed by atoms with Crippen molar-refractivity contribution in [3.05, 3.63) is 58.7 Å². The first kappa shape index (κ1) is 23.2. The van der Waals surface area contributed by atoms with Crippen LogP contribution in [0.4, 0.5) is 0 Å². The van der Waals surface area contributed by atoms with Crippen molar-refractivity contribution in [3.8, 4) is 0 Å². The van der Waals surface area contributed by atoms with E-state index in [2.05, 4.69) is 54.2 Å². The van der Waals surface area contributed by atoms with Crippen molar-refractivity contribution >= 4 is 40.2 Å². The Kier molecular flexibility index (Phi) is 7.49. The lowest BCUT2D eigenvalue weighted by Crippen LogP contribution is -2.40. The summed E-state index contributed by atoms with van der Waals surface area (Å²) in [5, 5.41) is 4.91. The predicted octanol–water partition coefficient (Wildman–Crippen LogP) is 6.38. The predicted molar refractivity (Wildman–Crippen MR) is 135 cm³/mol. The Morgan fingerprint density at radius 2 is 1.88 bits per heavy atom. The number of hydrogen-bond donors (Lipinski definition) is 2. The van der Waals surface area contributed by atoms with Crippen LogP contribution in [0.2, 0.25) is 5.02 Å². The normalized spacial score (nSPS) is 19.4. The fourth-order valence-electron chi connectivity index (χ4n) is 4.74. The van der Waals surface area contributed by atoms with Crippen molar-refractivity contribution in [1.82, 2.24) is 15.2 Å². The van der Waals surface area contributed by atoms with E-state index in [1.54, 1.807) is 11.8 Å².